The minimum absolute atomic E-state index is 0.167. The van der Waals surface area contributed by atoms with Crippen molar-refractivity contribution in [1.82, 2.24) is 10.6 Å². The molecule has 4 heteroatoms. The zero-order valence-corrected chi connectivity index (χ0v) is 9.13. The first kappa shape index (κ1) is 10.9. The molecule has 0 aliphatic carbocycles. The van der Waals surface area contributed by atoms with Crippen molar-refractivity contribution < 1.29 is 9.53 Å². The van der Waals surface area contributed by atoms with Gasteiger partial charge in [-0.25, -0.2) is 0 Å². The highest BCUT2D eigenvalue weighted by molar-refractivity contribution is 5.78. The van der Waals surface area contributed by atoms with Gasteiger partial charge in [-0.2, -0.15) is 0 Å². The zero-order valence-electron chi connectivity index (χ0n) is 9.13. The summed E-state index contributed by atoms with van der Waals surface area (Å²) in [5.41, 5.74) is 0. The molecule has 2 aliphatic rings. The van der Waals surface area contributed by atoms with E-state index in [4.69, 9.17) is 4.74 Å². The predicted molar refractivity (Wildman–Crippen MR) is 57.6 cm³/mol. The third kappa shape index (κ3) is 3.18. The Kier molecular flexibility index (Phi) is 3.97. The predicted octanol–water partition coefficient (Wildman–Crippen LogP) is 0.281. The van der Waals surface area contributed by atoms with Gasteiger partial charge >= 0.3 is 0 Å². The molecule has 0 bridgehead atoms. The van der Waals surface area contributed by atoms with Gasteiger partial charge in [0.15, 0.2) is 0 Å². The molecule has 2 rings (SSSR count). The molecule has 2 saturated heterocycles. The van der Waals surface area contributed by atoms with Crippen molar-refractivity contribution in [2.24, 2.45) is 5.92 Å². The fourth-order valence-corrected chi connectivity index (χ4v) is 2.24. The van der Waals surface area contributed by atoms with Crippen LogP contribution >= 0.6 is 0 Å². The van der Waals surface area contributed by atoms with E-state index >= 15 is 0 Å². The molecule has 1 amide bonds. The number of hydrogen-bond donors (Lipinski definition) is 2. The van der Waals surface area contributed by atoms with E-state index in [0.29, 0.717) is 6.54 Å². The molecule has 86 valence electrons. The normalized spacial score (nSPS) is 31.5. The zero-order chi connectivity index (χ0) is 10.5. The van der Waals surface area contributed by atoms with E-state index in [-0.39, 0.29) is 17.9 Å². The van der Waals surface area contributed by atoms with Crippen LogP contribution in [0.25, 0.3) is 0 Å². The number of hydrogen-bond acceptors (Lipinski definition) is 3. The average molecular weight is 212 g/mol. The molecule has 1 unspecified atom stereocenters. The number of nitrogens with one attached hydrogen (secondary N) is 2. The molecule has 0 aromatic heterocycles. The molecule has 2 atom stereocenters. The van der Waals surface area contributed by atoms with Gasteiger partial charge in [0, 0.05) is 19.7 Å². The van der Waals surface area contributed by atoms with Crippen molar-refractivity contribution in [3.63, 3.8) is 0 Å². The second-order valence-electron chi connectivity index (χ2n) is 4.42. The second-order valence-corrected chi connectivity index (χ2v) is 4.42. The van der Waals surface area contributed by atoms with Crippen LogP contribution in [0.5, 0.6) is 0 Å². The van der Waals surface area contributed by atoms with Gasteiger partial charge in [-0.1, -0.05) is 0 Å². The summed E-state index contributed by atoms with van der Waals surface area (Å²) in [6.45, 7) is 3.42. The van der Waals surface area contributed by atoms with E-state index in [0.717, 1.165) is 45.4 Å². The van der Waals surface area contributed by atoms with Gasteiger partial charge in [0.05, 0.1) is 12.0 Å². The maximum absolute atomic E-state index is 11.7. The van der Waals surface area contributed by atoms with Gasteiger partial charge in [0.2, 0.25) is 5.91 Å². The van der Waals surface area contributed by atoms with Crippen molar-refractivity contribution in [3.05, 3.63) is 0 Å². The topological polar surface area (TPSA) is 50.4 Å². The van der Waals surface area contributed by atoms with Gasteiger partial charge < -0.3 is 15.4 Å². The molecular weight excluding hydrogens is 192 g/mol. The maximum Gasteiger partial charge on any atom is 0.224 e. The fourth-order valence-electron chi connectivity index (χ4n) is 2.24. The van der Waals surface area contributed by atoms with E-state index in [1.54, 1.807) is 0 Å². The molecule has 15 heavy (non-hydrogen) atoms. The van der Waals surface area contributed by atoms with Crippen molar-refractivity contribution in [3.8, 4) is 0 Å². The van der Waals surface area contributed by atoms with Crippen LogP contribution in [0.4, 0.5) is 0 Å². The molecule has 0 radical (unpaired) electrons. The number of carbonyl (C=O) groups is 1. The Bertz CT molecular complexity index is 209. The first-order chi connectivity index (χ1) is 7.36. The van der Waals surface area contributed by atoms with Gasteiger partial charge in [-0.3, -0.25) is 4.79 Å². The number of rotatable bonds is 3. The lowest BCUT2D eigenvalue weighted by Gasteiger charge is -2.22. The van der Waals surface area contributed by atoms with Gasteiger partial charge in [0.25, 0.3) is 0 Å². The Labute approximate surface area is 90.8 Å². The minimum Gasteiger partial charge on any atom is -0.376 e. The molecule has 0 saturated carbocycles. The molecule has 0 aromatic rings. The molecule has 0 spiro atoms. The van der Waals surface area contributed by atoms with Gasteiger partial charge in [-0.15, -0.1) is 0 Å². The van der Waals surface area contributed by atoms with Gasteiger partial charge in [-0.05, 0) is 32.2 Å². The number of piperidine rings is 1. The van der Waals surface area contributed by atoms with E-state index < -0.39 is 0 Å². The third-order valence-electron chi connectivity index (χ3n) is 3.20. The fraction of sp³-hybridized carbons (Fsp3) is 0.909. The van der Waals surface area contributed by atoms with Crippen LogP contribution in [0.2, 0.25) is 0 Å². The Balaban J connectivity index is 1.66. The molecular formula is C11H20N2O2. The molecule has 2 aliphatic heterocycles. The highest BCUT2D eigenvalue weighted by atomic mass is 16.5. The van der Waals surface area contributed by atoms with Crippen molar-refractivity contribution >= 4 is 5.91 Å². The summed E-state index contributed by atoms with van der Waals surface area (Å²) in [4.78, 5) is 11.7. The monoisotopic (exact) mass is 212 g/mol. The van der Waals surface area contributed by atoms with E-state index in [1.165, 1.54) is 0 Å². The summed E-state index contributed by atoms with van der Waals surface area (Å²) >= 11 is 0. The first-order valence-corrected chi connectivity index (χ1v) is 5.96. The van der Waals surface area contributed by atoms with Gasteiger partial charge in [0.1, 0.15) is 0 Å². The van der Waals surface area contributed by atoms with Crippen LogP contribution in [0.1, 0.15) is 25.7 Å². The quantitative estimate of drug-likeness (QED) is 0.706. The highest BCUT2D eigenvalue weighted by Crippen LogP contribution is 2.12. The van der Waals surface area contributed by atoms with Crippen molar-refractivity contribution in [2.45, 2.75) is 31.8 Å². The summed E-state index contributed by atoms with van der Waals surface area (Å²) < 4.78 is 5.46. The molecule has 2 N–H and O–H groups in total. The first-order valence-electron chi connectivity index (χ1n) is 5.96. The van der Waals surface area contributed by atoms with Crippen LogP contribution < -0.4 is 10.6 Å². The summed E-state index contributed by atoms with van der Waals surface area (Å²) in [6, 6.07) is 0. The van der Waals surface area contributed by atoms with Crippen LogP contribution in [0, 0.1) is 5.92 Å². The Morgan fingerprint density at radius 1 is 1.40 bits per heavy atom. The second kappa shape index (κ2) is 5.47. The summed E-state index contributed by atoms with van der Waals surface area (Å²) in [6.07, 6.45) is 4.60. The lowest BCUT2D eigenvalue weighted by Crippen LogP contribution is -2.42. The van der Waals surface area contributed by atoms with Crippen LogP contribution in [0.15, 0.2) is 0 Å². The third-order valence-corrected chi connectivity index (χ3v) is 3.20. The molecule has 4 nitrogen and oxygen atoms in total. The number of ether oxygens (including phenoxy) is 1. The number of amides is 1. The SMILES string of the molecule is O=C(NCC1CCCO1)[C@@H]1CCCNC1. The average Bonchev–Trinajstić information content (AvgIpc) is 2.80. The number of carbonyl (C=O) groups excluding carboxylic acids is 1. The molecule has 0 aromatic carbocycles. The largest absolute Gasteiger partial charge is 0.376 e. The maximum atomic E-state index is 11.7. The molecule has 2 heterocycles. The Morgan fingerprint density at radius 2 is 2.33 bits per heavy atom. The standard InChI is InChI=1S/C11H20N2O2/c14-11(9-3-1-5-12-7-9)13-8-10-4-2-6-15-10/h9-10,12H,1-8H2,(H,13,14)/t9-,10?/m1/s1. The smallest absolute Gasteiger partial charge is 0.224 e. The van der Waals surface area contributed by atoms with E-state index in [2.05, 4.69) is 10.6 Å². The summed E-state index contributed by atoms with van der Waals surface area (Å²) in [7, 11) is 0. The Hall–Kier alpha value is -0.610. The highest BCUT2D eigenvalue weighted by Gasteiger charge is 2.22. The summed E-state index contributed by atoms with van der Waals surface area (Å²) in [5, 5.41) is 6.24. The minimum atomic E-state index is 0.167. The lowest BCUT2D eigenvalue weighted by atomic mass is 9.99. The lowest BCUT2D eigenvalue weighted by molar-refractivity contribution is -0.126. The summed E-state index contributed by atoms with van der Waals surface area (Å²) in [5.74, 6) is 0.359. The van der Waals surface area contributed by atoms with Crippen LogP contribution in [-0.4, -0.2) is 38.3 Å². The van der Waals surface area contributed by atoms with E-state index in [1.807, 2.05) is 0 Å². The van der Waals surface area contributed by atoms with E-state index in [9.17, 15) is 4.79 Å². The van der Waals surface area contributed by atoms with Crippen LogP contribution in [0.3, 0.4) is 0 Å². The molecule has 2 fully saturated rings. The van der Waals surface area contributed by atoms with Crippen molar-refractivity contribution in [2.75, 3.05) is 26.2 Å². The van der Waals surface area contributed by atoms with Crippen molar-refractivity contribution in [1.29, 1.82) is 0 Å². The Morgan fingerprint density at radius 3 is 3.00 bits per heavy atom. The van der Waals surface area contributed by atoms with Crippen LogP contribution in [-0.2, 0) is 9.53 Å².